The first-order valence-electron chi connectivity index (χ1n) is 9.65. The van der Waals surface area contributed by atoms with E-state index >= 15 is 0 Å². The summed E-state index contributed by atoms with van der Waals surface area (Å²) in [5.74, 6) is 2.80. The molecule has 4 heterocycles. The second-order valence-corrected chi connectivity index (χ2v) is 7.63. The number of rotatable bonds is 4. The Kier molecular flexibility index (Phi) is 3.78. The van der Waals surface area contributed by atoms with Gasteiger partial charge >= 0.3 is 0 Å². The summed E-state index contributed by atoms with van der Waals surface area (Å²) < 4.78 is 7.38. The van der Waals surface area contributed by atoms with Crippen LogP contribution in [-0.2, 0) is 0 Å². The van der Waals surface area contributed by atoms with Crippen molar-refractivity contribution in [1.82, 2.24) is 14.6 Å². The van der Waals surface area contributed by atoms with Crippen LogP contribution in [0.1, 0.15) is 19.4 Å². The molecule has 3 aromatic rings. The highest BCUT2D eigenvalue weighted by Gasteiger charge is 2.56. The quantitative estimate of drug-likeness (QED) is 0.754. The largest absolute Gasteiger partial charge is 0.492 e. The number of nitrogens with zero attached hydrogens (tertiary/aromatic N) is 5. The highest BCUT2D eigenvalue weighted by atomic mass is 16.5. The highest BCUT2D eigenvalue weighted by molar-refractivity contribution is 5.85. The van der Waals surface area contributed by atoms with Crippen molar-refractivity contribution >= 4 is 11.3 Å². The molecular formula is C21H22N6O. The Labute approximate surface area is 163 Å². The Hall–Kier alpha value is -3.11. The summed E-state index contributed by atoms with van der Waals surface area (Å²) in [4.78, 5) is 7.05. The lowest BCUT2D eigenvalue weighted by molar-refractivity contribution is 0.0464. The second kappa shape index (κ2) is 6.21. The van der Waals surface area contributed by atoms with Crippen LogP contribution in [0, 0.1) is 23.2 Å². The first-order valence-corrected chi connectivity index (χ1v) is 9.65. The molecule has 0 spiro atoms. The molecule has 28 heavy (non-hydrogen) atoms. The minimum Gasteiger partial charge on any atom is -0.492 e. The molecular weight excluding hydrogens is 352 g/mol. The molecule has 142 valence electrons. The Bertz CT molecular complexity index is 1080. The van der Waals surface area contributed by atoms with E-state index in [2.05, 4.69) is 29.1 Å². The number of fused-ring (bicyclic) bond motifs is 2. The maximum atomic E-state index is 9.46. The van der Waals surface area contributed by atoms with Crippen molar-refractivity contribution in [2.75, 3.05) is 18.1 Å². The van der Waals surface area contributed by atoms with Gasteiger partial charge in [-0.05, 0) is 31.0 Å². The molecule has 2 aliphatic rings. The molecule has 5 rings (SSSR count). The molecule has 4 atom stereocenters. The van der Waals surface area contributed by atoms with Crippen LogP contribution in [0.15, 0.2) is 36.8 Å². The van der Waals surface area contributed by atoms with Gasteiger partial charge in [0.25, 0.3) is 0 Å². The highest BCUT2D eigenvalue weighted by Crippen LogP contribution is 2.47. The summed E-state index contributed by atoms with van der Waals surface area (Å²) in [6, 6.07) is 9.11. The third-order valence-electron chi connectivity index (χ3n) is 6.22. The molecule has 2 fully saturated rings. The molecule has 7 heteroatoms. The van der Waals surface area contributed by atoms with Crippen LogP contribution in [0.25, 0.3) is 16.6 Å². The number of hydrogen-bond acceptors (Lipinski definition) is 6. The maximum Gasteiger partial charge on any atom is 0.138 e. The van der Waals surface area contributed by atoms with Crippen molar-refractivity contribution in [2.24, 2.45) is 17.6 Å². The van der Waals surface area contributed by atoms with Crippen molar-refractivity contribution in [2.45, 2.75) is 25.9 Å². The third kappa shape index (κ3) is 2.31. The van der Waals surface area contributed by atoms with E-state index in [1.54, 1.807) is 16.9 Å². The molecule has 0 amide bonds. The van der Waals surface area contributed by atoms with Gasteiger partial charge in [-0.2, -0.15) is 10.4 Å². The molecule has 0 aromatic carbocycles. The van der Waals surface area contributed by atoms with Crippen LogP contribution < -0.4 is 15.4 Å². The van der Waals surface area contributed by atoms with Crippen molar-refractivity contribution in [1.29, 1.82) is 5.26 Å². The summed E-state index contributed by atoms with van der Waals surface area (Å²) >= 11 is 0. The standard InChI is InChI=1S/C21H22N6O/c1-3-28-15-6-16(21-14(7-22)9-25-27(21)10-15)13-4-5-18(24-8-13)26-11-17-19(23)12(2)20(17)26/h4-6,8-10,12,17,19-20H,3,11,23H2,1-2H3/t12-,17-,19-,20?/m0/s1. The third-order valence-corrected chi connectivity index (χ3v) is 6.22. The second-order valence-electron chi connectivity index (χ2n) is 7.63. The van der Waals surface area contributed by atoms with E-state index in [0.29, 0.717) is 41.8 Å². The molecule has 1 aliphatic heterocycles. The summed E-state index contributed by atoms with van der Waals surface area (Å²) in [5, 5.41) is 13.8. The fraction of sp³-hybridized carbons (Fsp3) is 0.381. The normalized spacial score (nSPS) is 25.6. The Morgan fingerprint density at radius 3 is 2.89 bits per heavy atom. The average molecular weight is 374 g/mol. The Morgan fingerprint density at radius 1 is 1.36 bits per heavy atom. The monoisotopic (exact) mass is 374 g/mol. The number of piperidine rings is 1. The van der Waals surface area contributed by atoms with Gasteiger partial charge in [0.15, 0.2) is 0 Å². The summed E-state index contributed by atoms with van der Waals surface area (Å²) in [6.45, 7) is 5.70. The number of aromatic nitrogens is 3. The van der Waals surface area contributed by atoms with Crippen molar-refractivity contribution in [3.63, 3.8) is 0 Å². The first kappa shape index (κ1) is 17.0. The molecule has 1 saturated carbocycles. The summed E-state index contributed by atoms with van der Waals surface area (Å²) in [7, 11) is 0. The zero-order chi connectivity index (χ0) is 19.4. The van der Waals surface area contributed by atoms with E-state index in [1.165, 1.54) is 0 Å². The van der Waals surface area contributed by atoms with Crippen LogP contribution in [0.2, 0.25) is 0 Å². The summed E-state index contributed by atoms with van der Waals surface area (Å²) in [6.07, 6.45) is 5.25. The minimum atomic E-state index is 0.321. The SMILES string of the molecule is CCOc1cc(-c2ccc(N3C[C@@H]4C3[C@@H](C)[C@@H]4N)nc2)c2c(C#N)cnn2c1. The number of nitriles is 1. The molecule has 0 radical (unpaired) electrons. The van der Waals surface area contributed by atoms with Gasteiger partial charge in [-0.25, -0.2) is 9.50 Å². The van der Waals surface area contributed by atoms with Crippen LogP contribution in [-0.4, -0.2) is 39.8 Å². The van der Waals surface area contributed by atoms with Gasteiger partial charge in [-0.1, -0.05) is 6.92 Å². The van der Waals surface area contributed by atoms with Crippen LogP contribution >= 0.6 is 0 Å². The van der Waals surface area contributed by atoms with Gasteiger partial charge < -0.3 is 15.4 Å². The predicted octanol–water partition coefficient (Wildman–Crippen LogP) is 2.45. The minimum absolute atomic E-state index is 0.321. The van der Waals surface area contributed by atoms with Crippen LogP contribution in [0.4, 0.5) is 5.82 Å². The maximum absolute atomic E-state index is 9.46. The summed E-state index contributed by atoms with van der Waals surface area (Å²) in [5.41, 5.74) is 9.28. The first-order chi connectivity index (χ1) is 13.6. The van der Waals surface area contributed by atoms with E-state index in [1.807, 2.05) is 25.3 Å². The zero-order valence-corrected chi connectivity index (χ0v) is 15.9. The molecule has 2 N–H and O–H groups in total. The van der Waals surface area contributed by atoms with E-state index in [9.17, 15) is 5.26 Å². The Balaban J connectivity index is 1.52. The molecule has 1 aliphatic carbocycles. The van der Waals surface area contributed by atoms with E-state index < -0.39 is 0 Å². The molecule has 7 nitrogen and oxygen atoms in total. The molecule has 0 bridgehead atoms. The van der Waals surface area contributed by atoms with Crippen LogP contribution in [0.3, 0.4) is 0 Å². The van der Waals surface area contributed by atoms with Crippen molar-refractivity contribution in [3.05, 3.63) is 42.4 Å². The van der Waals surface area contributed by atoms with Gasteiger partial charge in [0.2, 0.25) is 0 Å². The topological polar surface area (TPSA) is 92.5 Å². The molecule has 1 saturated heterocycles. The number of ether oxygens (including phenoxy) is 1. The van der Waals surface area contributed by atoms with Crippen molar-refractivity contribution in [3.8, 4) is 22.9 Å². The number of nitrogens with two attached hydrogens (primary N) is 1. The average Bonchev–Trinajstić information content (AvgIpc) is 3.11. The number of anilines is 1. The molecule has 1 unspecified atom stereocenters. The van der Waals surface area contributed by atoms with Gasteiger partial charge in [0.05, 0.1) is 30.1 Å². The van der Waals surface area contributed by atoms with E-state index in [0.717, 1.165) is 29.0 Å². The lowest BCUT2D eigenvalue weighted by Gasteiger charge is -2.63. The smallest absolute Gasteiger partial charge is 0.138 e. The van der Waals surface area contributed by atoms with Gasteiger partial charge in [0.1, 0.15) is 17.6 Å². The number of hydrogen-bond donors (Lipinski definition) is 1. The Morgan fingerprint density at radius 2 is 2.21 bits per heavy atom. The van der Waals surface area contributed by atoms with Crippen LogP contribution in [0.5, 0.6) is 5.75 Å². The molecule has 3 aromatic heterocycles. The van der Waals surface area contributed by atoms with E-state index in [4.69, 9.17) is 15.5 Å². The predicted molar refractivity (Wildman–Crippen MR) is 106 cm³/mol. The van der Waals surface area contributed by atoms with Crippen molar-refractivity contribution < 1.29 is 4.74 Å². The lowest BCUT2D eigenvalue weighted by atomic mass is 9.60. The number of pyridine rings is 2. The zero-order valence-electron chi connectivity index (χ0n) is 15.9. The van der Waals surface area contributed by atoms with Gasteiger partial charge in [-0.15, -0.1) is 0 Å². The van der Waals surface area contributed by atoms with Gasteiger partial charge in [-0.3, -0.25) is 0 Å². The van der Waals surface area contributed by atoms with E-state index in [-0.39, 0.29) is 0 Å². The fourth-order valence-electron chi connectivity index (χ4n) is 4.65. The van der Waals surface area contributed by atoms with Gasteiger partial charge in [0, 0.05) is 41.9 Å². The fourth-order valence-corrected chi connectivity index (χ4v) is 4.65. The lowest BCUT2D eigenvalue weighted by Crippen LogP contribution is -2.76.